The van der Waals surface area contributed by atoms with Gasteiger partial charge in [0.25, 0.3) is 0 Å². The molecule has 0 aromatic rings. The van der Waals surface area contributed by atoms with Crippen LogP contribution in [0.2, 0.25) is 0 Å². The summed E-state index contributed by atoms with van der Waals surface area (Å²) in [6.45, 7) is 0.680. The van der Waals surface area contributed by atoms with Crippen LogP contribution in [0.25, 0.3) is 0 Å². The number of nitrogens with one attached hydrogen (secondary N) is 1. The Hall–Kier alpha value is -0.280. The highest BCUT2D eigenvalue weighted by Crippen LogP contribution is 2.58. The minimum absolute atomic E-state index is 0. The maximum atomic E-state index is 12.6. The Morgan fingerprint density at radius 2 is 1.76 bits per heavy atom. The fourth-order valence-corrected chi connectivity index (χ4v) is 6.19. The van der Waals surface area contributed by atoms with E-state index in [-0.39, 0.29) is 18.3 Å². The molecular formula is C17H29ClN2O. The lowest BCUT2D eigenvalue weighted by atomic mass is 9.79. The van der Waals surface area contributed by atoms with E-state index in [1.165, 1.54) is 38.5 Å². The Kier molecular flexibility index (Phi) is 4.52. The number of fused-ring (bicyclic) bond motifs is 5. The van der Waals surface area contributed by atoms with E-state index in [0.29, 0.717) is 24.4 Å². The van der Waals surface area contributed by atoms with Crippen LogP contribution >= 0.6 is 12.4 Å². The van der Waals surface area contributed by atoms with Gasteiger partial charge in [-0.2, -0.15) is 0 Å². The van der Waals surface area contributed by atoms with Gasteiger partial charge in [-0.05, 0) is 74.7 Å². The van der Waals surface area contributed by atoms with Gasteiger partial charge in [0.1, 0.15) is 0 Å². The average Bonchev–Trinajstić information content (AvgIpc) is 3.19. The fraction of sp³-hybridized carbons (Fsp3) is 0.941. The molecule has 3 nitrogen and oxygen atoms in total. The molecule has 0 radical (unpaired) electrons. The summed E-state index contributed by atoms with van der Waals surface area (Å²) in [7, 11) is 0. The predicted molar refractivity (Wildman–Crippen MR) is 86.1 cm³/mol. The zero-order valence-corrected chi connectivity index (χ0v) is 13.6. The summed E-state index contributed by atoms with van der Waals surface area (Å²) in [5, 5.41) is 3.43. The first kappa shape index (κ1) is 15.6. The van der Waals surface area contributed by atoms with E-state index >= 15 is 0 Å². The summed E-state index contributed by atoms with van der Waals surface area (Å²) in [5.41, 5.74) is 5.82. The van der Waals surface area contributed by atoms with Crippen molar-refractivity contribution in [1.29, 1.82) is 0 Å². The van der Waals surface area contributed by atoms with Crippen molar-refractivity contribution in [3.8, 4) is 0 Å². The van der Waals surface area contributed by atoms with E-state index in [0.717, 1.165) is 36.5 Å². The molecule has 0 aliphatic heterocycles. The molecule has 4 saturated carbocycles. The van der Waals surface area contributed by atoms with Crippen molar-refractivity contribution in [2.24, 2.45) is 41.2 Å². The molecule has 0 saturated heterocycles. The van der Waals surface area contributed by atoms with Crippen molar-refractivity contribution in [2.45, 2.75) is 57.4 Å². The van der Waals surface area contributed by atoms with Crippen molar-refractivity contribution in [3.63, 3.8) is 0 Å². The molecule has 0 spiro atoms. The molecule has 3 N–H and O–H groups in total. The molecule has 21 heavy (non-hydrogen) atoms. The van der Waals surface area contributed by atoms with Crippen LogP contribution in [0, 0.1) is 35.5 Å². The second-order valence-electron chi connectivity index (χ2n) is 7.80. The summed E-state index contributed by atoms with van der Waals surface area (Å²) >= 11 is 0. The van der Waals surface area contributed by atoms with Crippen LogP contribution in [0.1, 0.15) is 51.4 Å². The molecule has 4 fully saturated rings. The highest BCUT2D eigenvalue weighted by molar-refractivity contribution is 5.85. The summed E-state index contributed by atoms with van der Waals surface area (Å²) in [6.07, 6.45) is 10.4. The van der Waals surface area contributed by atoms with Gasteiger partial charge in [0.15, 0.2) is 0 Å². The van der Waals surface area contributed by atoms with E-state index in [9.17, 15) is 4.79 Å². The van der Waals surface area contributed by atoms with Gasteiger partial charge in [-0.25, -0.2) is 0 Å². The highest BCUT2D eigenvalue weighted by Gasteiger charge is 2.54. The second kappa shape index (κ2) is 6.08. The SMILES string of the molecule is Cl.NC[C@H]1CCC[C@H]1C(=O)NC1CC2CC1C1CCCC21. The number of carbonyl (C=O) groups excluding carboxylic acids is 1. The largest absolute Gasteiger partial charge is 0.353 e. The maximum absolute atomic E-state index is 12.6. The molecule has 5 unspecified atom stereocenters. The van der Waals surface area contributed by atoms with Gasteiger partial charge >= 0.3 is 0 Å². The van der Waals surface area contributed by atoms with Crippen molar-refractivity contribution in [1.82, 2.24) is 5.32 Å². The Morgan fingerprint density at radius 1 is 1.00 bits per heavy atom. The highest BCUT2D eigenvalue weighted by atomic mass is 35.5. The van der Waals surface area contributed by atoms with Crippen LogP contribution < -0.4 is 11.1 Å². The van der Waals surface area contributed by atoms with Gasteiger partial charge in [0, 0.05) is 12.0 Å². The quantitative estimate of drug-likeness (QED) is 0.842. The monoisotopic (exact) mass is 312 g/mol. The van der Waals surface area contributed by atoms with Crippen molar-refractivity contribution in [3.05, 3.63) is 0 Å². The summed E-state index contributed by atoms with van der Waals surface area (Å²) in [4.78, 5) is 12.6. The van der Waals surface area contributed by atoms with Crippen LogP contribution in [-0.2, 0) is 4.79 Å². The molecule has 4 heteroatoms. The number of amides is 1. The van der Waals surface area contributed by atoms with Gasteiger partial charge in [0.2, 0.25) is 5.91 Å². The van der Waals surface area contributed by atoms with E-state index in [4.69, 9.17) is 5.73 Å². The zero-order valence-electron chi connectivity index (χ0n) is 12.8. The van der Waals surface area contributed by atoms with E-state index in [2.05, 4.69) is 5.32 Å². The number of hydrogen-bond acceptors (Lipinski definition) is 2. The Bertz CT molecular complexity index is 402. The molecule has 4 aliphatic carbocycles. The van der Waals surface area contributed by atoms with Gasteiger partial charge < -0.3 is 11.1 Å². The first-order valence-corrected chi connectivity index (χ1v) is 8.78. The lowest BCUT2D eigenvalue weighted by molar-refractivity contribution is -0.127. The fourth-order valence-electron chi connectivity index (χ4n) is 6.19. The van der Waals surface area contributed by atoms with Gasteiger partial charge in [0.05, 0.1) is 0 Å². The third-order valence-corrected chi connectivity index (χ3v) is 7.05. The Labute approximate surface area is 134 Å². The van der Waals surface area contributed by atoms with Crippen molar-refractivity contribution < 1.29 is 4.79 Å². The first-order chi connectivity index (χ1) is 9.78. The average molecular weight is 313 g/mol. The molecule has 2 bridgehead atoms. The molecule has 120 valence electrons. The standard InChI is InChI=1S/C17H28N2O.ClH/c18-9-10-3-1-5-13(10)17(20)19-16-8-11-7-15(16)14-6-2-4-12(11)14;/h10-16H,1-9,18H2,(H,19,20);1H/t10-,11?,12?,13-,14?,15?,16?;/m1./s1. The number of rotatable bonds is 3. The molecular weight excluding hydrogens is 284 g/mol. The zero-order chi connectivity index (χ0) is 13.7. The number of halogens is 1. The number of hydrogen-bond donors (Lipinski definition) is 2. The molecule has 1 amide bonds. The van der Waals surface area contributed by atoms with Crippen LogP contribution in [0.15, 0.2) is 0 Å². The maximum Gasteiger partial charge on any atom is 0.223 e. The summed E-state index contributed by atoms with van der Waals surface area (Å²) in [6, 6.07) is 0.492. The minimum Gasteiger partial charge on any atom is -0.353 e. The Morgan fingerprint density at radius 3 is 2.57 bits per heavy atom. The van der Waals surface area contributed by atoms with E-state index < -0.39 is 0 Å². The number of carbonyl (C=O) groups is 1. The minimum atomic E-state index is 0. The predicted octanol–water partition coefficient (Wildman–Crippen LogP) is 2.72. The third-order valence-electron chi connectivity index (χ3n) is 7.05. The van der Waals surface area contributed by atoms with Crippen LogP contribution in [0.3, 0.4) is 0 Å². The van der Waals surface area contributed by atoms with Crippen LogP contribution in [0.5, 0.6) is 0 Å². The van der Waals surface area contributed by atoms with E-state index in [1.807, 2.05) is 0 Å². The second-order valence-corrected chi connectivity index (χ2v) is 7.80. The summed E-state index contributed by atoms with van der Waals surface area (Å²) in [5.74, 6) is 4.64. The number of nitrogens with two attached hydrogens (primary N) is 1. The molecule has 0 heterocycles. The van der Waals surface area contributed by atoms with E-state index in [1.54, 1.807) is 0 Å². The molecule has 0 aromatic heterocycles. The van der Waals surface area contributed by atoms with Crippen LogP contribution in [-0.4, -0.2) is 18.5 Å². The van der Waals surface area contributed by atoms with Crippen molar-refractivity contribution in [2.75, 3.05) is 6.54 Å². The molecule has 4 aliphatic rings. The Balaban J connectivity index is 0.00000132. The first-order valence-electron chi connectivity index (χ1n) is 8.78. The lowest BCUT2D eigenvalue weighted by Gasteiger charge is -2.33. The van der Waals surface area contributed by atoms with Gasteiger partial charge in [-0.1, -0.05) is 12.8 Å². The topological polar surface area (TPSA) is 55.1 Å². The lowest BCUT2D eigenvalue weighted by Crippen LogP contribution is -2.46. The molecule has 0 aromatic carbocycles. The summed E-state index contributed by atoms with van der Waals surface area (Å²) < 4.78 is 0. The smallest absolute Gasteiger partial charge is 0.223 e. The van der Waals surface area contributed by atoms with Crippen LogP contribution in [0.4, 0.5) is 0 Å². The molecule has 4 rings (SSSR count). The van der Waals surface area contributed by atoms with Gasteiger partial charge in [-0.3, -0.25) is 4.79 Å². The normalized spacial score (nSPS) is 47.2. The van der Waals surface area contributed by atoms with Crippen molar-refractivity contribution >= 4 is 18.3 Å². The molecule has 7 atom stereocenters. The van der Waals surface area contributed by atoms with Gasteiger partial charge in [-0.15, -0.1) is 12.4 Å². The third kappa shape index (κ3) is 2.50.